The second-order valence-electron chi connectivity index (χ2n) is 4.94. The fourth-order valence-corrected chi connectivity index (χ4v) is 2.03. The molecule has 0 aliphatic heterocycles. The first-order valence-corrected chi connectivity index (χ1v) is 7.04. The van der Waals surface area contributed by atoms with E-state index in [4.69, 9.17) is 0 Å². The Morgan fingerprint density at radius 1 is 1.14 bits per heavy atom. The maximum Gasteiger partial charge on any atom is 0.224 e. The van der Waals surface area contributed by atoms with Gasteiger partial charge < -0.3 is 15.7 Å². The van der Waals surface area contributed by atoms with Crippen LogP contribution in [0, 0.1) is 0 Å². The molecule has 4 heteroatoms. The summed E-state index contributed by atoms with van der Waals surface area (Å²) in [5.41, 5.74) is 2.76. The molecule has 0 bridgehead atoms. The molecule has 0 aliphatic rings. The molecule has 110 valence electrons. The molecule has 0 saturated carbocycles. The van der Waals surface area contributed by atoms with Crippen molar-refractivity contribution in [3.05, 3.63) is 54.1 Å². The van der Waals surface area contributed by atoms with E-state index in [-0.39, 0.29) is 17.7 Å². The van der Waals surface area contributed by atoms with E-state index in [2.05, 4.69) is 10.6 Å². The standard InChI is InChI=1S/C17H20N2O2/c1-3-17(21)19-15-9-7-14(8-10-15)18-12(2)13-5-4-6-16(20)11-13/h4-12,18,20H,3H2,1-2H3,(H,19,21). The van der Waals surface area contributed by atoms with Crippen molar-refractivity contribution in [2.45, 2.75) is 26.3 Å². The summed E-state index contributed by atoms with van der Waals surface area (Å²) in [4.78, 5) is 11.3. The van der Waals surface area contributed by atoms with Gasteiger partial charge in [-0.15, -0.1) is 0 Å². The Morgan fingerprint density at radius 2 is 1.81 bits per heavy atom. The zero-order valence-corrected chi connectivity index (χ0v) is 12.3. The third-order valence-electron chi connectivity index (χ3n) is 3.24. The minimum absolute atomic E-state index is 0.00355. The van der Waals surface area contributed by atoms with E-state index >= 15 is 0 Å². The smallest absolute Gasteiger partial charge is 0.224 e. The van der Waals surface area contributed by atoms with E-state index in [1.54, 1.807) is 12.1 Å². The van der Waals surface area contributed by atoms with E-state index in [1.807, 2.05) is 50.2 Å². The van der Waals surface area contributed by atoms with E-state index in [0.29, 0.717) is 6.42 Å². The van der Waals surface area contributed by atoms with E-state index in [9.17, 15) is 9.90 Å². The molecule has 0 aromatic heterocycles. The van der Waals surface area contributed by atoms with Crippen molar-refractivity contribution < 1.29 is 9.90 Å². The summed E-state index contributed by atoms with van der Waals surface area (Å²) in [7, 11) is 0. The molecule has 1 amide bonds. The van der Waals surface area contributed by atoms with E-state index < -0.39 is 0 Å². The summed E-state index contributed by atoms with van der Waals surface area (Å²) >= 11 is 0. The number of benzene rings is 2. The molecule has 21 heavy (non-hydrogen) atoms. The topological polar surface area (TPSA) is 61.4 Å². The molecule has 2 aromatic rings. The molecule has 0 aliphatic carbocycles. The highest BCUT2D eigenvalue weighted by Gasteiger charge is 2.06. The third kappa shape index (κ3) is 4.24. The Morgan fingerprint density at radius 3 is 2.43 bits per heavy atom. The van der Waals surface area contributed by atoms with Gasteiger partial charge in [0, 0.05) is 23.8 Å². The number of rotatable bonds is 5. The molecule has 1 atom stereocenters. The number of carbonyl (C=O) groups is 1. The lowest BCUT2D eigenvalue weighted by molar-refractivity contribution is -0.115. The normalized spacial score (nSPS) is 11.7. The maximum atomic E-state index is 11.3. The molecule has 0 saturated heterocycles. The van der Waals surface area contributed by atoms with Crippen LogP contribution in [0.3, 0.4) is 0 Å². The van der Waals surface area contributed by atoms with Crippen LogP contribution in [0.2, 0.25) is 0 Å². The van der Waals surface area contributed by atoms with Gasteiger partial charge in [0.15, 0.2) is 0 Å². The molecule has 2 aromatic carbocycles. The van der Waals surface area contributed by atoms with Crippen molar-refractivity contribution in [2.24, 2.45) is 0 Å². The lowest BCUT2D eigenvalue weighted by Gasteiger charge is -2.16. The van der Waals surface area contributed by atoms with Crippen molar-refractivity contribution in [1.82, 2.24) is 0 Å². The zero-order chi connectivity index (χ0) is 15.2. The van der Waals surface area contributed by atoms with E-state index in [1.165, 1.54) is 0 Å². The van der Waals surface area contributed by atoms with Crippen molar-refractivity contribution in [2.75, 3.05) is 10.6 Å². The lowest BCUT2D eigenvalue weighted by atomic mass is 10.1. The average molecular weight is 284 g/mol. The van der Waals surface area contributed by atoms with Gasteiger partial charge >= 0.3 is 0 Å². The average Bonchev–Trinajstić information content (AvgIpc) is 2.49. The number of phenolic OH excluding ortho intramolecular Hbond substituents is 1. The highest BCUT2D eigenvalue weighted by Crippen LogP contribution is 2.23. The summed E-state index contributed by atoms with van der Waals surface area (Å²) in [6.45, 7) is 3.85. The van der Waals surface area contributed by atoms with Gasteiger partial charge in [0.2, 0.25) is 5.91 Å². The first kappa shape index (κ1) is 14.9. The predicted molar refractivity (Wildman–Crippen MR) is 85.5 cm³/mol. The second kappa shape index (κ2) is 6.79. The van der Waals surface area contributed by atoms with Gasteiger partial charge in [0.25, 0.3) is 0 Å². The van der Waals surface area contributed by atoms with Gasteiger partial charge in [0.1, 0.15) is 5.75 Å². The molecular weight excluding hydrogens is 264 g/mol. The largest absolute Gasteiger partial charge is 0.508 e. The second-order valence-corrected chi connectivity index (χ2v) is 4.94. The highest BCUT2D eigenvalue weighted by molar-refractivity contribution is 5.90. The van der Waals surface area contributed by atoms with Crippen LogP contribution in [0.5, 0.6) is 5.75 Å². The van der Waals surface area contributed by atoms with Gasteiger partial charge in [-0.25, -0.2) is 0 Å². The zero-order valence-electron chi connectivity index (χ0n) is 12.3. The Labute approximate surface area is 124 Å². The Balaban J connectivity index is 2.01. The van der Waals surface area contributed by atoms with Crippen LogP contribution in [0.25, 0.3) is 0 Å². The monoisotopic (exact) mass is 284 g/mol. The third-order valence-corrected chi connectivity index (χ3v) is 3.24. The summed E-state index contributed by atoms with van der Waals surface area (Å²) < 4.78 is 0. The number of carbonyl (C=O) groups excluding carboxylic acids is 1. The number of phenols is 1. The number of aromatic hydroxyl groups is 1. The fraction of sp³-hybridized carbons (Fsp3) is 0.235. The SMILES string of the molecule is CCC(=O)Nc1ccc(NC(C)c2cccc(O)c2)cc1. The number of nitrogens with one attached hydrogen (secondary N) is 2. The van der Waals surface area contributed by atoms with Gasteiger partial charge in [-0.05, 0) is 48.9 Å². The number of hydrogen-bond acceptors (Lipinski definition) is 3. The predicted octanol–water partition coefficient (Wildman–Crippen LogP) is 3.91. The summed E-state index contributed by atoms with van der Waals surface area (Å²) in [6.07, 6.45) is 0.467. The molecular formula is C17H20N2O2. The van der Waals surface area contributed by atoms with Crippen LogP contribution in [0.15, 0.2) is 48.5 Å². The van der Waals surface area contributed by atoms with Crippen molar-refractivity contribution >= 4 is 17.3 Å². The molecule has 0 radical (unpaired) electrons. The summed E-state index contributed by atoms with van der Waals surface area (Å²) in [5.74, 6) is 0.266. The Bertz CT molecular complexity index is 608. The van der Waals surface area contributed by atoms with Gasteiger partial charge in [0.05, 0.1) is 0 Å². The van der Waals surface area contributed by atoms with Crippen LogP contribution in [0.4, 0.5) is 11.4 Å². The number of anilines is 2. The number of hydrogen-bond donors (Lipinski definition) is 3. The number of amides is 1. The fourth-order valence-electron chi connectivity index (χ4n) is 2.03. The Kier molecular flexibility index (Phi) is 4.82. The lowest BCUT2D eigenvalue weighted by Crippen LogP contribution is -2.10. The van der Waals surface area contributed by atoms with Crippen molar-refractivity contribution in [3.8, 4) is 5.75 Å². The van der Waals surface area contributed by atoms with Crippen LogP contribution >= 0.6 is 0 Å². The van der Waals surface area contributed by atoms with E-state index in [0.717, 1.165) is 16.9 Å². The first-order valence-electron chi connectivity index (χ1n) is 7.04. The molecule has 1 unspecified atom stereocenters. The van der Waals surface area contributed by atoms with Crippen LogP contribution in [-0.2, 0) is 4.79 Å². The molecule has 0 fully saturated rings. The van der Waals surface area contributed by atoms with Gasteiger partial charge in [-0.3, -0.25) is 4.79 Å². The van der Waals surface area contributed by atoms with Crippen LogP contribution < -0.4 is 10.6 Å². The molecule has 3 N–H and O–H groups in total. The van der Waals surface area contributed by atoms with Gasteiger partial charge in [-0.1, -0.05) is 19.1 Å². The summed E-state index contributed by atoms with van der Waals surface area (Å²) in [5, 5.41) is 15.7. The Hall–Kier alpha value is -2.49. The molecule has 2 rings (SSSR count). The molecule has 0 spiro atoms. The summed E-state index contributed by atoms with van der Waals surface area (Å²) in [6, 6.07) is 14.8. The molecule has 0 heterocycles. The first-order chi connectivity index (χ1) is 10.1. The maximum absolute atomic E-state index is 11.3. The van der Waals surface area contributed by atoms with Gasteiger partial charge in [-0.2, -0.15) is 0 Å². The quantitative estimate of drug-likeness (QED) is 0.780. The minimum atomic E-state index is 0.00355. The minimum Gasteiger partial charge on any atom is -0.508 e. The van der Waals surface area contributed by atoms with Crippen molar-refractivity contribution in [3.63, 3.8) is 0 Å². The molecule has 4 nitrogen and oxygen atoms in total. The van der Waals surface area contributed by atoms with Crippen LogP contribution in [0.1, 0.15) is 31.9 Å². The van der Waals surface area contributed by atoms with Crippen molar-refractivity contribution in [1.29, 1.82) is 0 Å². The van der Waals surface area contributed by atoms with Crippen LogP contribution in [-0.4, -0.2) is 11.0 Å². The highest BCUT2D eigenvalue weighted by atomic mass is 16.3.